The van der Waals surface area contributed by atoms with Crippen molar-refractivity contribution in [2.45, 2.75) is 6.54 Å². The number of carbonyl (C=O) groups excluding carboxylic acids is 2. The highest BCUT2D eigenvalue weighted by Gasteiger charge is 2.15. The molecular formula is C19H13BrN4O4. The minimum atomic E-state index is -0.696. The lowest BCUT2D eigenvalue weighted by Gasteiger charge is -2.08. The largest absolute Gasteiger partial charge is 0.448 e. The average molecular weight is 441 g/mol. The first-order chi connectivity index (χ1) is 13.5. The maximum absolute atomic E-state index is 12.6. The molecule has 0 aliphatic heterocycles. The van der Waals surface area contributed by atoms with Crippen LogP contribution in [0.1, 0.15) is 0 Å². The maximum atomic E-state index is 12.6. The third kappa shape index (κ3) is 3.52. The molecule has 4 aromatic rings. The minimum absolute atomic E-state index is 0.0656. The number of urea groups is 1. The fourth-order valence-electron chi connectivity index (χ4n) is 2.74. The molecule has 140 valence electrons. The molecule has 0 aliphatic rings. The van der Waals surface area contributed by atoms with Crippen LogP contribution in [0.3, 0.4) is 0 Å². The Kier molecular flexibility index (Phi) is 4.66. The number of imide groups is 1. The van der Waals surface area contributed by atoms with Gasteiger partial charge < -0.3 is 9.73 Å². The van der Waals surface area contributed by atoms with Crippen LogP contribution in [-0.4, -0.2) is 21.5 Å². The van der Waals surface area contributed by atoms with E-state index >= 15 is 0 Å². The number of furan rings is 1. The number of hydrogen-bond donors (Lipinski definition) is 2. The number of carbonyl (C=O) groups is 2. The van der Waals surface area contributed by atoms with Crippen LogP contribution in [0, 0.1) is 0 Å². The van der Waals surface area contributed by atoms with Gasteiger partial charge in [-0.25, -0.2) is 9.78 Å². The molecule has 2 aromatic carbocycles. The normalized spacial score (nSPS) is 10.9. The fraction of sp³-hybridized carbons (Fsp3) is 0.0526. The van der Waals surface area contributed by atoms with E-state index in [4.69, 9.17) is 4.42 Å². The highest BCUT2D eigenvalue weighted by Crippen LogP contribution is 2.23. The Balaban J connectivity index is 1.49. The standard InChI is InChI=1S/C19H13BrN4O4/c20-11-5-7-12(8-6-11)22-19(27)23-15(25)9-24-10-21-16-13-3-1-2-4-14(13)28-17(16)18(24)26/h1-8,10H,9H2,(H2,22,23,25,27). The lowest BCUT2D eigenvalue weighted by atomic mass is 10.2. The Morgan fingerprint density at radius 1 is 1.11 bits per heavy atom. The quantitative estimate of drug-likeness (QED) is 0.508. The van der Waals surface area contributed by atoms with Crippen molar-refractivity contribution in [2.75, 3.05) is 5.32 Å². The molecule has 0 aliphatic carbocycles. The zero-order valence-electron chi connectivity index (χ0n) is 14.3. The smallest absolute Gasteiger partial charge is 0.325 e. The van der Waals surface area contributed by atoms with Gasteiger partial charge in [-0.2, -0.15) is 0 Å². The number of nitrogens with one attached hydrogen (secondary N) is 2. The van der Waals surface area contributed by atoms with Gasteiger partial charge in [0.2, 0.25) is 11.5 Å². The lowest BCUT2D eigenvalue weighted by Crippen LogP contribution is -2.38. The first-order valence-corrected chi connectivity index (χ1v) is 9.03. The second-order valence-electron chi connectivity index (χ2n) is 5.96. The molecule has 28 heavy (non-hydrogen) atoms. The first kappa shape index (κ1) is 17.9. The van der Waals surface area contributed by atoms with Crippen LogP contribution in [0.5, 0.6) is 0 Å². The number of halogens is 1. The van der Waals surface area contributed by atoms with Crippen LogP contribution in [-0.2, 0) is 11.3 Å². The van der Waals surface area contributed by atoms with E-state index in [2.05, 4.69) is 31.5 Å². The van der Waals surface area contributed by atoms with Crippen LogP contribution in [0.15, 0.2) is 68.5 Å². The van der Waals surface area contributed by atoms with Crippen molar-refractivity contribution in [3.05, 3.63) is 69.7 Å². The molecule has 9 heteroatoms. The number of nitrogens with zero attached hydrogens (tertiary/aromatic N) is 2. The minimum Gasteiger partial charge on any atom is -0.448 e. The van der Waals surface area contributed by atoms with Crippen LogP contribution in [0.4, 0.5) is 10.5 Å². The van der Waals surface area contributed by atoms with Crippen LogP contribution in [0.2, 0.25) is 0 Å². The molecule has 4 rings (SSSR count). The summed E-state index contributed by atoms with van der Waals surface area (Å²) in [4.78, 5) is 40.9. The molecular weight excluding hydrogens is 428 g/mol. The van der Waals surface area contributed by atoms with Gasteiger partial charge in [0.15, 0.2) is 0 Å². The van der Waals surface area contributed by atoms with E-state index in [1.165, 1.54) is 6.33 Å². The van der Waals surface area contributed by atoms with Crippen LogP contribution >= 0.6 is 15.9 Å². The summed E-state index contributed by atoms with van der Waals surface area (Å²) in [6.45, 7) is -0.368. The summed E-state index contributed by atoms with van der Waals surface area (Å²) in [6, 6.07) is 13.3. The molecule has 0 atom stereocenters. The van der Waals surface area contributed by atoms with Crippen molar-refractivity contribution in [3.8, 4) is 0 Å². The van der Waals surface area contributed by atoms with Gasteiger partial charge in [-0.05, 0) is 36.4 Å². The van der Waals surface area contributed by atoms with Crippen molar-refractivity contribution < 1.29 is 14.0 Å². The second kappa shape index (κ2) is 7.28. The van der Waals surface area contributed by atoms with Gasteiger partial charge in [-0.1, -0.05) is 28.1 Å². The molecule has 3 amide bonds. The Hall–Kier alpha value is -3.46. The van der Waals surface area contributed by atoms with E-state index in [1.54, 1.807) is 42.5 Å². The van der Waals surface area contributed by atoms with Crippen LogP contribution in [0.25, 0.3) is 22.1 Å². The lowest BCUT2D eigenvalue weighted by molar-refractivity contribution is -0.120. The Labute approximate surface area is 166 Å². The third-order valence-corrected chi connectivity index (χ3v) is 4.55. The molecule has 8 nitrogen and oxygen atoms in total. The summed E-state index contributed by atoms with van der Waals surface area (Å²) >= 11 is 3.30. The number of para-hydroxylation sites is 1. The highest BCUT2D eigenvalue weighted by atomic mass is 79.9. The van der Waals surface area contributed by atoms with Gasteiger partial charge in [0.1, 0.15) is 17.6 Å². The van der Waals surface area contributed by atoms with Gasteiger partial charge in [0.25, 0.3) is 5.56 Å². The topological polar surface area (TPSA) is 106 Å². The summed E-state index contributed by atoms with van der Waals surface area (Å²) in [5, 5.41) is 5.43. The van der Waals surface area contributed by atoms with E-state index in [-0.39, 0.29) is 12.1 Å². The van der Waals surface area contributed by atoms with Gasteiger partial charge in [0.05, 0.1) is 6.33 Å². The summed E-state index contributed by atoms with van der Waals surface area (Å²) in [6.07, 6.45) is 1.26. The molecule has 0 saturated carbocycles. The molecule has 0 unspecified atom stereocenters. The van der Waals surface area contributed by atoms with Crippen molar-refractivity contribution in [1.29, 1.82) is 0 Å². The van der Waals surface area contributed by atoms with E-state index < -0.39 is 17.5 Å². The monoisotopic (exact) mass is 440 g/mol. The van der Waals surface area contributed by atoms with Crippen molar-refractivity contribution >= 4 is 55.6 Å². The molecule has 0 spiro atoms. The fourth-order valence-corrected chi connectivity index (χ4v) is 3.01. The molecule has 2 aromatic heterocycles. The highest BCUT2D eigenvalue weighted by molar-refractivity contribution is 9.10. The molecule has 0 fully saturated rings. The van der Waals surface area contributed by atoms with Crippen molar-refractivity contribution in [2.24, 2.45) is 0 Å². The van der Waals surface area contributed by atoms with Gasteiger partial charge in [-0.3, -0.25) is 19.5 Å². The zero-order chi connectivity index (χ0) is 19.7. The number of anilines is 1. The molecule has 0 saturated heterocycles. The number of amides is 3. The summed E-state index contributed by atoms with van der Waals surface area (Å²) in [5.41, 5.74) is 1.07. The number of aromatic nitrogens is 2. The molecule has 2 N–H and O–H groups in total. The Morgan fingerprint density at radius 3 is 2.64 bits per heavy atom. The predicted octanol–water partition coefficient (Wildman–Crippen LogP) is 3.25. The van der Waals surface area contributed by atoms with Crippen LogP contribution < -0.4 is 16.2 Å². The molecule has 2 heterocycles. The second-order valence-corrected chi connectivity index (χ2v) is 6.88. The Bertz CT molecular complexity index is 1260. The maximum Gasteiger partial charge on any atom is 0.325 e. The summed E-state index contributed by atoms with van der Waals surface area (Å²) in [5.74, 6) is -0.658. The molecule has 0 radical (unpaired) electrons. The first-order valence-electron chi connectivity index (χ1n) is 8.24. The third-order valence-electron chi connectivity index (χ3n) is 4.02. The number of rotatable bonds is 3. The zero-order valence-corrected chi connectivity index (χ0v) is 15.9. The number of benzene rings is 2. The number of hydrogen-bond acceptors (Lipinski definition) is 5. The summed E-state index contributed by atoms with van der Waals surface area (Å²) in [7, 11) is 0. The van der Waals surface area contributed by atoms with Gasteiger partial charge in [0, 0.05) is 15.5 Å². The van der Waals surface area contributed by atoms with E-state index in [1.807, 2.05) is 6.07 Å². The average Bonchev–Trinajstić information content (AvgIpc) is 3.05. The van der Waals surface area contributed by atoms with Gasteiger partial charge >= 0.3 is 6.03 Å². The summed E-state index contributed by atoms with van der Waals surface area (Å²) < 4.78 is 7.52. The SMILES string of the molecule is O=C(Cn1cnc2c(oc3ccccc32)c1=O)NC(=O)Nc1ccc(Br)cc1. The van der Waals surface area contributed by atoms with Crippen molar-refractivity contribution in [3.63, 3.8) is 0 Å². The Morgan fingerprint density at radius 2 is 1.86 bits per heavy atom. The van der Waals surface area contributed by atoms with E-state index in [0.717, 1.165) is 14.4 Å². The van der Waals surface area contributed by atoms with Crippen molar-refractivity contribution in [1.82, 2.24) is 14.9 Å². The van der Waals surface area contributed by atoms with E-state index in [0.29, 0.717) is 16.8 Å². The van der Waals surface area contributed by atoms with Gasteiger partial charge in [-0.15, -0.1) is 0 Å². The number of fused-ring (bicyclic) bond motifs is 3. The predicted molar refractivity (Wildman–Crippen MR) is 107 cm³/mol. The molecule has 0 bridgehead atoms. The van der Waals surface area contributed by atoms with E-state index in [9.17, 15) is 14.4 Å².